The molecule has 1 fully saturated rings. The third-order valence-corrected chi connectivity index (χ3v) is 2.51. The first kappa shape index (κ1) is 11.7. The lowest BCUT2D eigenvalue weighted by Gasteiger charge is -2.18. The van der Waals surface area contributed by atoms with Crippen molar-refractivity contribution in [2.45, 2.75) is 58.4 Å². The normalized spacial score (nSPS) is 16.7. The van der Waals surface area contributed by atoms with Crippen LogP contribution in [0.4, 0.5) is 0 Å². The summed E-state index contributed by atoms with van der Waals surface area (Å²) < 4.78 is 11.3. The first-order valence-electron chi connectivity index (χ1n) is 5.98. The van der Waals surface area contributed by atoms with Crippen LogP contribution >= 0.6 is 0 Å². The van der Waals surface area contributed by atoms with Crippen molar-refractivity contribution < 1.29 is 9.15 Å². The number of hydrogen-bond donors (Lipinski definition) is 1. The number of furan rings is 1. The molecule has 16 heavy (non-hydrogen) atoms. The Morgan fingerprint density at radius 2 is 2.00 bits per heavy atom. The van der Waals surface area contributed by atoms with Gasteiger partial charge in [-0.15, -0.1) is 0 Å². The van der Waals surface area contributed by atoms with Crippen LogP contribution in [0.1, 0.15) is 45.1 Å². The Morgan fingerprint density at radius 1 is 1.31 bits per heavy atom. The summed E-state index contributed by atoms with van der Waals surface area (Å²) in [5, 5.41) is 3.42. The Morgan fingerprint density at radius 3 is 2.62 bits per heavy atom. The summed E-state index contributed by atoms with van der Waals surface area (Å²) in [5.41, 5.74) is -0.112. The predicted molar refractivity (Wildman–Crippen MR) is 63.1 cm³/mol. The second-order valence-electron chi connectivity index (χ2n) is 5.42. The molecule has 1 aliphatic rings. The van der Waals surface area contributed by atoms with E-state index in [4.69, 9.17) is 9.15 Å². The molecule has 2 rings (SSSR count). The van der Waals surface area contributed by atoms with E-state index in [-0.39, 0.29) is 5.60 Å². The minimum Gasteiger partial charge on any atom is -0.462 e. The third-order valence-electron chi connectivity index (χ3n) is 2.51. The molecule has 1 saturated carbocycles. The van der Waals surface area contributed by atoms with Gasteiger partial charge in [0, 0.05) is 6.04 Å². The highest BCUT2D eigenvalue weighted by Gasteiger charge is 2.20. The fourth-order valence-electron chi connectivity index (χ4n) is 1.41. The molecule has 1 N–H and O–H groups in total. The zero-order chi connectivity index (χ0) is 11.6. The van der Waals surface area contributed by atoms with Crippen molar-refractivity contribution in [2.75, 3.05) is 0 Å². The molecule has 0 radical (unpaired) electrons. The molecular weight excluding hydrogens is 202 g/mol. The maximum atomic E-state index is 5.67. The highest BCUT2D eigenvalue weighted by molar-refractivity contribution is 5.06. The molecule has 0 bridgehead atoms. The molecule has 0 spiro atoms. The third kappa shape index (κ3) is 3.99. The average molecular weight is 223 g/mol. The standard InChI is InChI=1S/C13H21NO2/c1-13(2,3)15-9-12-7-6-11(16-12)8-14-10-4-5-10/h6-7,10,14H,4-5,8-9H2,1-3H3. The molecule has 3 heteroatoms. The van der Waals surface area contributed by atoms with Gasteiger partial charge in [0.05, 0.1) is 12.1 Å². The van der Waals surface area contributed by atoms with Crippen LogP contribution in [-0.2, 0) is 17.9 Å². The van der Waals surface area contributed by atoms with Gasteiger partial charge < -0.3 is 14.5 Å². The van der Waals surface area contributed by atoms with E-state index in [1.807, 2.05) is 32.9 Å². The number of ether oxygens (including phenoxy) is 1. The van der Waals surface area contributed by atoms with Crippen molar-refractivity contribution in [3.05, 3.63) is 23.7 Å². The summed E-state index contributed by atoms with van der Waals surface area (Å²) in [5.74, 6) is 1.90. The second kappa shape index (κ2) is 4.60. The van der Waals surface area contributed by atoms with Gasteiger partial charge in [0.25, 0.3) is 0 Å². The Kier molecular flexibility index (Phi) is 3.36. The summed E-state index contributed by atoms with van der Waals surface area (Å²) in [6.45, 7) is 7.52. The predicted octanol–water partition coefficient (Wildman–Crippen LogP) is 2.85. The van der Waals surface area contributed by atoms with Crippen molar-refractivity contribution >= 4 is 0 Å². The highest BCUT2D eigenvalue weighted by atomic mass is 16.5. The van der Waals surface area contributed by atoms with Gasteiger partial charge in [0.2, 0.25) is 0 Å². The summed E-state index contributed by atoms with van der Waals surface area (Å²) >= 11 is 0. The minimum absolute atomic E-state index is 0.112. The van der Waals surface area contributed by atoms with Gasteiger partial charge in [-0.25, -0.2) is 0 Å². The van der Waals surface area contributed by atoms with E-state index in [1.165, 1.54) is 12.8 Å². The summed E-state index contributed by atoms with van der Waals surface area (Å²) in [6, 6.07) is 4.74. The Bertz CT molecular complexity index is 334. The van der Waals surface area contributed by atoms with Crippen LogP contribution in [0.5, 0.6) is 0 Å². The lowest BCUT2D eigenvalue weighted by Crippen LogP contribution is -2.18. The molecular formula is C13H21NO2. The molecule has 0 aromatic carbocycles. The van der Waals surface area contributed by atoms with Crippen molar-refractivity contribution in [1.29, 1.82) is 0 Å². The van der Waals surface area contributed by atoms with E-state index in [9.17, 15) is 0 Å². The topological polar surface area (TPSA) is 34.4 Å². The fourth-order valence-corrected chi connectivity index (χ4v) is 1.41. The fraction of sp³-hybridized carbons (Fsp3) is 0.692. The van der Waals surface area contributed by atoms with E-state index >= 15 is 0 Å². The van der Waals surface area contributed by atoms with Gasteiger partial charge in [-0.3, -0.25) is 0 Å². The van der Waals surface area contributed by atoms with Crippen molar-refractivity contribution in [1.82, 2.24) is 5.32 Å². The Labute approximate surface area is 97.2 Å². The minimum atomic E-state index is -0.112. The van der Waals surface area contributed by atoms with E-state index in [0.29, 0.717) is 6.61 Å². The summed E-state index contributed by atoms with van der Waals surface area (Å²) in [6.07, 6.45) is 2.61. The van der Waals surface area contributed by atoms with E-state index in [2.05, 4.69) is 5.32 Å². The van der Waals surface area contributed by atoms with Gasteiger partial charge in [0.15, 0.2) is 0 Å². The van der Waals surface area contributed by atoms with Crippen LogP contribution in [0, 0.1) is 0 Å². The molecule has 1 heterocycles. The number of rotatable bonds is 5. The van der Waals surface area contributed by atoms with Crippen LogP contribution in [0.25, 0.3) is 0 Å². The van der Waals surface area contributed by atoms with E-state index in [1.54, 1.807) is 0 Å². The maximum absolute atomic E-state index is 5.67. The quantitative estimate of drug-likeness (QED) is 0.833. The van der Waals surface area contributed by atoms with Gasteiger partial charge in [-0.1, -0.05) is 0 Å². The van der Waals surface area contributed by atoms with Gasteiger partial charge in [-0.2, -0.15) is 0 Å². The molecule has 1 aromatic heterocycles. The molecule has 1 aliphatic carbocycles. The highest BCUT2D eigenvalue weighted by Crippen LogP contribution is 2.20. The first-order valence-corrected chi connectivity index (χ1v) is 5.98. The van der Waals surface area contributed by atoms with Gasteiger partial charge in [0.1, 0.15) is 18.1 Å². The smallest absolute Gasteiger partial charge is 0.129 e. The number of hydrogen-bond acceptors (Lipinski definition) is 3. The first-order chi connectivity index (χ1) is 7.53. The molecule has 0 unspecified atom stereocenters. The maximum Gasteiger partial charge on any atom is 0.129 e. The molecule has 3 nitrogen and oxygen atoms in total. The molecule has 90 valence electrons. The lowest BCUT2D eigenvalue weighted by molar-refractivity contribution is -0.0227. The van der Waals surface area contributed by atoms with Gasteiger partial charge in [-0.05, 0) is 45.7 Å². The summed E-state index contributed by atoms with van der Waals surface area (Å²) in [4.78, 5) is 0. The molecule has 0 saturated heterocycles. The van der Waals surface area contributed by atoms with Crippen molar-refractivity contribution in [3.63, 3.8) is 0 Å². The largest absolute Gasteiger partial charge is 0.462 e. The average Bonchev–Trinajstić information content (AvgIpc) is 2.91. The summed E-state index contributed by atoms with van der Waals surface area (Å²) in [7, 11) is 0. The van der Waals surface area contributed by atoms with Crippen LogP contribution in [0.15, 0.2) is 16.5 Å². The lowest BCUT2D eigenvalue weighted by atomic mass is 10.2. The second-order valence-corrected chi connectivity index (χ2v) is 5.42. The van der Waals surface area contributed by atoms with Crippen LogP contribution in [-0.4, -0.2) is 11.6 Å². The zero-order valence-electron chi connectivity index (χ0n) is 10.4. The van der Waals surface area contributed by atoms with Crippen LogP contribution in [0.2, 0.25) is 0 Å². The molecule has 1 aromatic rings. The zero-order valence-corrected chi connectivity index (χ0v) is 10.4. The Hall–Kier alpha value is -0.800. The van der Waals surface area contributed by atoms with E-state index < -0.39 is 0 Å². The molecule has 0 aliphatic heterocycles. The van der Waals surface area contributed by atoms with Crippen LogP contribution < -0.4 is 5.32 Å². The van der Waals surface area contributed by atoms with Crippen molar-refractivity contribution in [3.8, 4) is 0 Å². The Balaban J connectivity index is 1.77. The van der Waals surface area contributed by atoms with Gasteiger partial charge >= 0.3 is 0 Å². The molecule has 0 amide bonds. The van der Waals surface area contributed by atoms with Crippen molar-refractivity contribution in [2.24, 2.45) is 0 Å². The molecule has 0 atom stereocenters. The monoisotopic (exact) mass is 223 g/mol. The number of nitrogens with one attached hydrogen (secondary N) is 1. The SMILES string of the molecule is CC(C)(C)OCc1ccc(CNC2CC2)o1. The van der Waals surface area contributed by atoms with E-state index in [0.717, 1.165) is 24.1 Å². The van der Waals surface area contributed by atoms with Crippen LogP contribution in [0.3, 0.4) is 0 Å².